The third-order valence-electron chi connectivity index (χ3n) is 3.51. The molecule has 150 valence electrons. The molecular weight excluding hydrogens is 388 g/mol. The summed E-state index contributed by atoms with van der Waals surface area (Å²) < 4.78 is 85.4. The van der Waals surface area contributed by atoms with Gasteiger partial charge in [0.15, 0.2) is 0 Å². The highest BCUT2D eigenvalue weighted by atomic mass is 32.2. The summed E-state index contributed by atoms with van der Waals surface area (Å²) in [5, 5.41) is 0. The number of halogens is 4. The number of aliphatic imine (C=N–C) groups is 1. The van der Waals surface area contributed by atoms with E-state index in [9.17, 15) is 26.0 Å². The maximum Gasteiger partial charge on any atom is 0.409 e. The number of rotatable bonds is 8. The van der Waals surface area contributed by atoms with Gasteiger partial charge in [0.1, 0.15) is 16.7 Å². The fourth-order valence-electron chi connectivity index (χ4n) is 2.40. The first-order chi connectivity index (χ1) is 12.5. The Morgan fingerprint density at radius 3 is 2.26 bits per heavy atom. The summed E-state index contributed by atoms with van der Waals surface area (Å²) in [6.07, 6.45) is -3.63. The number of benzene rings is 1. The van der Waals surface area contributed by atoms with Crippen LogP contribution in [0.1, 0.15) is 25.5 Å². The van der Waals surface area contributed by atoms with Gasteiger partial charge < -0.3 is 4.74 Å². The van der Waals surface area contributed by atoms with E-state index < -0.39 is 39.5 Å². The first-order valence-corrected chi connectivity index (χ1v) is 9.15. The zero-order valence-electron chi connectivity index (χ0n) is 15.0. The largest absolute Gasteiger partial charge is 0.497 e. The molecule has 0 saturated heterocycles. The van der Waals surface area contributed by atoms with E-state index in [1.807, 2.05) is 0 Å². The highest BCUT2D eigenvalue weighted by Gasteiger charge is 2.49. The Hall–Kier alpha value is -2.20. The van der Waals surface area contributed by atoms with Crippen LogP contribution in [0.3, 0.4) is 0 Å². The monoisotopic (exact) mass is 408 g/mol. The molecular formula is C17H20F4N2O3S. The van der Waals surface area contributed by atoms with E-state index in [0.29, 0.717) is 18.0 Å². The zero-order valence-corrected chi connectivity index (χ0v) is 15.8. The Balaban J connectivity index is 3.59. The number of nitrogens with zero attached hydrogens (tertiary/aromatic N) is 2. The molecule has 0 bridgehead atoms. The molecule has 0 radical (unpaired) electrons. The van der Waals surface area contributed by atoms with E-state index >= 15 is 0 Å². The van der Waals surface area contributed by atoms with Crippen LogP contribution in [0.2, 0.25) is 0 Å². The van der Waals surface area contributed by atoms with Crippen molar-refractivity contribution in [3.05, 3.63) is 52.8 Å². The van der Waals surface area contributed by atoms with E-state index in [1.165, 1.54) is 26.2 Å². The Kier molecular flexibility index (Phi) is 7.73. The summed E-state index contributed by atoms with van der Waals surface area (Å²) in [4.78, 5) is 2.53. The van der Waals surface area contributed by atoms with Crippen LogP contribution in [0.15, 0.2) is 52.3 Å². The molecule has 0 saturated carbocycles. The van der Waals surface area contributed by atoms with Gasteiger partial charge in [-0.1, -0.05) is 19.1 Å². The topological polar surface area (TPSA) is 59.0 Å². The van der Waals surface area contributed by atoms with Gasteiger partial charge in [0.2, 0.25) is 10.0 Å². The molecule has 1 aromatic carbocycles. The van der Waals surface area contributed by atoms with Crippen LogP contribution in [-0.4, -0.2) is 39.3 Å². The lowest BCUT2D eigenvalue weighted by Gasteiger charge is -2.32. The van der Waals surface area contributed by atoms with Crippen LogP contribution in [0.4, 0.5) is 17.6 Å². The fourth-order valence-corrected chi connectivity index (χ4v) is 4.04. The molecule has 0 aliphatic rings. The molecule has 0 spiro atoms. The van der Waals surface area contributed by atoms with E-state index in [2.05, 4.69) is 11.7 Å². The van der Waals surface area contributed by atoms with Gasteiger partial charge in [-0.05, 0) is 37.4 Å². The summed E-state index contributed by atoms with van der Waals surface area (Å²) in [6.45, 7) is 4.79. The molecule has 0 aliphatic carbocycles. The minimum atomic E-state index is -4.92. The predicted molar refractivity (Wildman–Crippen MR) is 95.6 cm³/mol. The van der Waals surface area contributed by atoms with Crippen LogP contribution < -0.4 is 4.74 Å². The molecule has 27 heavy (non-hydrogen) atoms. The third-order valence-corrected chi connectivity index (χ3v) is 5.41. The number of hydrogen-bond donors (Lipinski definition) is 0. The molecule has 0 amide bonds. The predicted octanol–water partition coefficient (Wildman–Crippen LogP) is 4.37. The maximum absolute atomic E-state index is 13.8. The lowest BCUT2D eigenvalue weighted by molar-refractivity contribution is -0.173. The first-order valence-electron chi connectivity index (χ1n) is 7.71. The zero-order chi connectivity index (χ0) is 20.8. The number of alkyl halides is 3. The highest BCUT2D eigenvalue weighted by molar-refractivity contribution is 7.93. The van der Waals surface area contributed by atoms with E-state index in [4.69, 9.17) is 4.74 Å². The van der Waals surface area contributed by atoms with Crippen molar-refractivity contribution in [1.29, 1.82) is 0 Å². The van der Waals surface area contributed by atoms with Gasteiger partial charge >= 0.3 is 6.18 Å². The molecule has 5 nitrogen and oxygen atoms in total. The van der Waals surface area contributed by atoms with Gasteiger partial charge in [-0.15, -0.1) is 0 Å². The molecule has 0 N–H and O–H groups in total. The molecule has 0 fully saturated rings. The van der Waals surface area contributed by atoms with E-state index in [-0.39, 0.29) is 9.87 Å². The summed E-state index contributed by atoms with van der Waals surface area (Å²) in [7, 11) is -3.37. The normalized spacial score (nSPS) is 15.0. The van der Waals surface area contributed by atoms with Crippen LogP contribution >= 0.6 is 0 Å². The lowest BCUT2D eigenvalue weighted by atomic mass is 10.1. The summed E-state index contributed by atoms with van der Waals surface area (Å²) >= 11 is 0. The Bertz CT molecular complexity index is 812. The molecule has 0 unspecified atom stereocenters. The van der Waals surface area contributed by atoms with Crippen molar-refractivity contribution >= 4 is 16.7 Å². The van der Waals surface area contributed by atoms with Crippen molar-refractivity contribution in [3.63, 3.8) is 0 Å². The van der Waals surface area contributed by atoms with Crippen LogP contribution in [-0.2, 0) is 10.0 Å². The third kappa shape index (κ3) is 5.64. The maximum atomic E-state index is 13.8. The summed E-state index contributed by atoms with van der Waals surface area (Å²) in [5.41, 5.74) is -0.305. The van der Waals surface area contributed by atoms with E-state index in [1.54, 1.807) is 0 Å². The van der Waals surface area contributed by atoms with Crippen molar-refractivity contribution in [2.75, 3.05) is 13.7 Å². The SMILES string of the molecule is C=N/C=C(\C=C(/C)F)S(=O)(=O)N(CC)[C@@H](c1ccc(OC)cc1)C(F)(F)F. The standard InChI is InChI=1S/C17H20F4N2O3S/c1-5-23(27(24,25)15(11-22-3)10-12(2)18)16(17(19,20)21)13-6-8-14(26-4)9-7-13/h6-11,16H,3,5H2,1-2,4H3/b12-10+,15-11+/t16-/m0/s1. The number of sulfonamides is 1. The first kappa shape index (κ1) is 22.8. The van der Waals surface area contributed by atoms with Crippen molar-refractivity contribution in [2.45, 2.75) is 26.1 Å². The molecule has 0 aromatic heterocycles. The molecule has 0 aliphatic heterocycles. The van der Waals surface area contributed by atoms with Gasteiger partial charge in [-0.2, -0.15) is 17.5 Å². The molecule has 1 aromatic rings. The number of ether oxygens (including phenoxy) is 1. The van der Waals surface area contributed by atoms with Crippen molar-refractivity contribution in [1.82, 2.24) is 4.31 Å². The smallest absolute Gasteiger partial charge is 0.409 e. The Labute approximate surface area is 155 Å². The minimum absolute atomic E-state index is 0.241. The Morgan fingerprint density at radius 1 is 1.33 bits per heavy atom. The molecule has 0 heterocycles. The van der Waals surface area contributed by atoms with Crippen molar-refractivity contribution < 1.29 is 30.7 Å². The Morgan fingerprint density at radius 2 is 1.89 bits per heavy atom. The number of allylic oxidation sites excluding steroid dienone is 2. The number of methoxy groups -OCH3 is 1. The average molecular weight is 408 g/mol. The second-order valence-electron chi connectivity index (χ2n) is 5.37. The van der Waals surface area contributed by atoms with E-state index in [0.717, 1.165) is 19.1 Å². The van der Waals surface area contributed by atoms with Crippen LogP contribution in [0, 0.1) is 0 Å². The lowest BCUT2D eigenvalue weighted by Crippen LogP contribution is -2.42. The van der Waals surface area contributed by atoms with Gasteiger partial charge in [0, 0.05) is 12.7 Å². The van der Waals surface area contributed by atoms with Crippen molar-refractivity contribution in [3.8, 4) is 5.75 Å². The van der Waals surface area contributed by atoms with Crippen molar-refractivity contribution in [2.24, 2.45) is 4.99 Å². The quantitative estimate of drug-likeness (QED) is 0.365. The fraction of sp³-hybridized carbons (Fsp3) is 0.353. The van der Waals surface area contributed by atoms with Gasteiger partial charge in [-0.25, -0.2) is 12.8 Å². The average Bonchev–Trinajstić information content (AvgIpc) is 2.57. The molecule has 1 atom stereocenters. The second-order valence-corrected chi connectivity index (χ2v) is 7.26. The number of hydrogen-bond acceptors (Lipinski definition) is 4. The van der Waals surface area contributed by atoms with Crippen LogP contribution in [0.5, 0.6) is 5.75 Å². The van der Waals surface area contributed by atoms with Gasteiger partial charge in [-0.3, -0.25) is 4.99 Å². The van der Waals surface area contributed by atoms with Gasteiger partial charge in [0.05, 0.1) is 12.9 Å². The summed E-state index contributed by atoms with van der Waals surface area (Å²) in [6, 6.07) is 2.37. The molecule has 1 rings (SSSR count). The second kappa shape index (κ2) is 9.14. The van der Waals surface area contributed by atoms with Gasteiger partial charge in [0.25, 0.3) is 0 Å². The molecule has 10 heteroatoms. The highest BCUT2D eigenvalue weighted by Crippen LogP contribution is 2.41. The summed E-state index contributed by atoms with van der Waals surface area (Å²) in [5.74, 6) is -0.587. The van der Waals surface area contributed by atoms with Crippen LogP contribution in [0.25, 0.3) is 0 Å². The minimum Gasteiger partial charge on any atom is -0.497 e.